The monoisotopic (exact) mass is 264 g/mol. The highest BCUT2D eigenvalue weighted by Crippen LogP contribution is 2.27. The summed E-state index contributed by atoms with van der Waals surface area (Å²) in [6.45, 7) is 0.559. The zero-order valence-corrected chi connectivity index (χ0v) is 10.9. The molecule has 0 bridgehead atoms. The fourth-order valence-corrected chi connectivity index (χ4v) is 2.68. The molecule has 1 atom stereocenters. The standard InChI is InChI=1S/C13H20N4O2/c14-8-12(10-4-2-1-3-5-10)16-13-7-6-11(9-15-13)17(18)19/h6-7,9-10,12H,1-5,8,14H2,(H,15,16). The second-order valence-electron chi connectivity index (χ2n) is 5.04. The molecule has 6 heteroatoms. The first-order valence-corrected chi connectivity index (χ1v) is 6.77. The van der Waals surface area contributed by atoms with Crippen LogP contribution in [0.3, 0.4) is 0 Å². The van der Waals surface area contributed by atoms with Gasteiger partial charge in [-0.3, -0.25) is 10.1 Å². The third-order valence-corrected chi connectivity index (χ3v) is 3.76. The molecule has 0 aromatic carbocycles. The summed E-state index contributed by atoms with van der Waals surface area (Å²) in [5, 5.41) is 13.9. The number of rotatable bonds is 5. The first-order valence-electron chi connectivity index (χ1n) is 6.77. The van der Waals surface area contributed by atoms with E-state index in [1.807, 2.05) is 0 Å². The Bertz CT molecular complexity index is 415. The number of aromatic nitrogens is 1. The third kappa shape index (κ3) is 3.64. The van der Waals surface area contributed by atoms with Crippen molar-refractivity contribution >= 4 is 11.5 Å². The van der Waals surface area contributed by atoms with Crippen molar-refractivity contribution in [2.24, 2.45) is 11.7 Å². The molecule has 1 aromatic heterocycles. The van der Waals surface area contributed by atoms with Crippen molar-refractivity contribution in [3.05, 3.63) is 28.4 Å². The Labute approximate surface area is 112 Å². The maximum absolute atomic E-state index is 10.6. The number of anilines is 1. The number of nitrogens with zero attached hydrogens (tertiary/aromatic N) is 2. The van der Waals surface area contributed by atoms with E-state index < -0.39 is 4.92 Å². The van der Waals surface area contributed by atoms with Crippen LogP contribution in [0.5, 0.6) is 0 Å². The van der Waals surface area contributed by atoms with Gasteiger partial charge in [0.25, 0.3) is 5.69 Å². The smallest absolute Gasteiger partial charge is 0.287 e. The maximum Gasteiger partial charge on any atom is 0.287 e. The molecule has 1 saturated carbocycles. The third-order valence-electron chi connectivity index (χ3n) is 3.76. The number of nitro groups is 1. The normalized spacial score (nSPS) is 17.9. The molecule has 3 N–H and O–H groups in total. The van der Waals surface area contributed by atoms with Crippen LogP contribution in [0.15, 0.2) is 18.3 Å². The lowest BCUT2D eigenvalue weighted by molar-refractivity contribution is -0.385. The van der Waals surface area contributed by atoms with E-state index in [0.717, 1.165) is 0 Å². The van der Waals surface area contributed by atoms with Crippen LogP contribution in [0, 0.1) is 16.0 Å². The first-order chi connectivity index (χ1) is 9.20. The minimum atomic E-state index is -0.446. The van der Waals surface area contributed by atoms with E-state index in [1.165, 1.54) is 44.4 Å². The highest BCUT2D eigenvalue weighted by atomic mass is 16.6. The minimum Gasteiger partial charge on any atom is -0.366 e. The molecule has 104 valence electrons. The van der Waals surface area contributed by atoms with Crippen molar-refractivity contribution in [1.82, 2.24) is 4.98 Å². The molecule has 2 rings (SSSR count). The van der Waals surface area contributed by atoms with Crippen molar-refractivity contribution < 1.29 is 4.92 Å². The fourth-order valence-electron chi connectivity index (χ4n) is 2.68. The largest absolute Gasteiger partial charge is 0.366 e. The molecule has 0 saturated heterocycles. The fraction of sp³-hybridized carbons (Fsp3) is 0.615. The zero-order chi connectivity index (χ0) is 13.7. The molecule has 1 aromatic rings. The topological polar surface area (TPSA) is 94.1 Å². The Hall–Kier alpha value is -1.69. The average Bonchev–Trinajstić information content (AvgIpc) is 2.46. The molecule has 6 nitrogen and oxygen atoms in total. The van der Waals surface area contributed by atoms with Crippen LogP contribution in [-0.2, 0) is 0 Å². The van der Waals surface area contributed by atoms with Gasteiger partial charge in [0.15, 0.2) is 0 Å². The maximum atomic E-state index is 10.6. The molecular formula is C13H20N4O2. The van der Waals surface area contributed by atoms with Crippen LogP contribution < -0.4 is 11.1 Å². The van der Waals surface area contributed by atoms with Gasteiger partial charge in [0.1, 0.15) is 12.0 Å². The van der Waals surface area contributed by atoms with Crippen molar-refractivity contribution in [2.75, 3.05) is 11.9 Å². The molecule has 0 radical (unpaired) electrons. The van der Waals surface area contributed by atoms with Crippen LogP contribution in [0.1, 0.15) is 32.1 Å². The Balaban J connectivity index is 1.99. The van der Waals surface area contributed by atoms with Crippen LogP contribution >= 0.6 is 0 Å². The van der Waals surface area contributed by atoms with Crippen molar-refractivity contribution in [2.45, 2.75) is 38.1 Å². The van der Waals surface area contributed by atoms with Crippen LogP contribution in [0.2, 0.25) is 0 Å². The minimum absolute atomic E-state index is 0.00696. The van der Waals surface area contributed by atoms with Crippen molar-refractivity contribution in [3.8, 4) is 0 Å². The second-order valence-corrected chi connectivity index (χ2v) is 5.04. The number of pyridine rings is 1. The molecule has 0 amide bonds. The summed E-state index contributed by atoms with van der Waals surface area (Å²) in [6.07, 6.45) is 7.50. The SMILES string of the molecule is NCC(Nc1ccc([N+](=O)[O-])cn1)C1CCCCC1. The van der Waals surface area contributed by atoms with Gasteiger partial charge < -0.3 is 11.1 Å². The van der Waals surface area contributed by atoms with Crippen molar-refractivity contribution in [1.29, 1.82) is 0 Å². The van der Waals surface area contributed by atoms with E-state index in [1.54, 1.807) is 6.07 Å². The van der Waals surface area contributed by atoms with Gasteiger partial charge in [-0.05, 0) is 24.8 Å². The van der Waals surface area contributed by atoms with E-state index in [9.17, 15) is 10.1 Å². The molecular weight excluding hydrogens is 244 g/mol. The molecule has 0 aliphatic heterocycles. The van der Waals surface area contributed by atoms with E-state index in [-0.39, 0.29) is 11.7 Å². The summed E-state index contributed by atoms with van der Waals surface area (Å²) < 4.78 is 0. The van der Waals surface area contributed by atoms with E-state index in [2.05, 4.69) is 10.3 Å². The summed E-state index contributed by atoms with van der Waals surface area (Å²) in [5.74, 6) is 1.24. The quantitative estimate of drug-likeness (QED) is 0.628. The summed E-state index contributed by atoms with van der Waals surface area (Å²) in [7, 11) is 0. The molecule has 19 heavy (non-hydrogen) atoms. The van der Waals surface area contributed by atoms with Gasteiger partial charge in [-0.2, -0.15) is 0 Å². The van der Waals surface area contributed by atoms with Gasteiger partial charge in [-0.25, -0.2) is 4.98 Å². The Morgan fingerprint density at radius 3 is 2.68 bits per heavy atom. The lowest BCUT2D eigenvalue weighted by Gasteiger charge is -2.30. The Morgan fingerprint density at radius 1 is 1.42 bits per heavy atom. The summed E-state index contributed by atoms with van der Waals surface area (Å²) in [5.41, 5.74) is 5.84. The predicted octanol–water partition coefficient (Wildman–Crippen LogP) is 2.31. The predicted molar refractivity (Wildman–Crippen MR) is 73.9 cm³/mol. The zero-order valence-electron chi connectivity index (χ0n) is 10.9. The average molecular weight is 264 g/mol. The molecule has 1 aliphatic rings. The van der Waals surface area contributed by atoms with Gasteiger partial charge >= 0.3 is 0 Å². The molecule has 0 spiro atoms. The van der Waals surface area contributed by atoms with Gasteiger partial charge in [0.2, 0.25) is 0 Å². The Kier molecular flexibility index (Phi) is 4.68. The number of hydrogen-bond donors (Lipinski definition) is 2. The highest BCUT2D eigenvalue weighted by molar-refractivity contribution is 5.41. The molecule has 1 aliphatic carbocycles. The van der Waals surface area contributed by atoms with Crippen LogP contribution in [0.25, 0.3) is 0 Å². The van der Waals surface area contributed by atoms with E-state index >= 15 is 0 Å². The number of hydrogen-bond acceptors (Lipinski definition) is 5. The molecule has 1 fully saturated rings. The van der Waals surface area contributed by atoms with Crippen molar-refractivity contribution in [3.63, 3.8) is 0 Å². The van der Waals surface area contributed by atoms with E-state index in [0.29, 0.717) is 18.3 Å². The van der Waals surface area contributed by atoms with Gasteiger partial charge in [-0.1, -0.05) is 19.3 Å². The lowest BCUT2D eigenvalue weighted by atomic mass is 9.84. The number of nitrogens with two attached hydrogens (primary N) is 1. The molecule has 1 heterocycles. The van der Waals surface area contributed by atoms with Gasteiger partial charge in [0, 0.05) is 18.7 Å². The Morgan fingerprint density at radius 2 is 2.16 bits per heavy atom. The first kappa shape index (κ1) is 13.7. The lowest BCUT2D eigenvalue weighted by Crippen LogP contribution is -2.37. The second kappa shape index (κ2) is 6.47. The van der Waals surface area contributed by atoms with Crippen LogP contribution in [-0.4, -0.2) is 22.5 Å². The molecule has 1 unspecified atom stereocenters. The number of nitrogens with one attached hydrogen (secondary N) is 1. The van der Waals surface area contributed by atoms with Gasteiger partial charge in [0.05, 0.1) is 4.92 Å². The summed E-state index contributed by atoms with van der Waals surface area (Å²) in [6, 6.07) is 3.31. The van der Waals surface area contributed by atoms with Gasteiger partial charge in [-0.15, -0.1) is 0 Å². The van der Waals surface area contributed by atoms with E-state index in [4.69, 9.17) is 5.73 Å². The highest BCUT2D eigenvalue weighted by Gasteiger charge is 2.22. The van der Waals surface area contributed by atoms with Crippen LogP contribution in [0.4, 0.5) is 11.5 Å². The summed E-state index contributed by atoms with van der Waals surface area (Å²) >= 11 is 0. The summed E-state index contributed by atoms with van der Waals surface area (Å²) in [4.78, 5) is 14.2.